The molecule has 1 aliphatic heterocycles. The van der Waals surface area contributed by atoms with Crippen LogP contribution in [0.4, 0.5) is 0 Å². The number of rotatable bonds is 3. The zero-order valence-corrected chi connectivity index (χ0v) is 9.95. The summed E-state index contributed by atoms with van der Waals surface area (Å²) in [5, 5.41) is 5.91. The van der Waals surface area contributed by atoms with Crippen molar-refractivity contribution < 1.29 is 9.53 Å². The van der Waals surface area contributed by atoms with Crippen molar-refractivity contribution in [3.8, 4) is 0 Å². The molecule has 0 spiro atoms. The highest BCUT2D eigenvalue weighted by Gasteiger charge is 2.12. The Morgan fingerprint density at radius 3 is 3.12 bits per heavy atom. The maximum Gasteiger partial charge on any atom is 0.327 e. The third-order valence-corrected chi connectivity index (χ3v) is 2.47. The van der Waals surface area contributed by atoms with Crippen molar-refractivity contribution in [2.45, 2.75) is 39.0 Å². The van der Waals surface area contributed by atoms with Crippen molar-refractivity contribution in [3.63, 3.8) is 0 Å². The summed E-state index contributed by atoms with van der Waals surface area (Å²) in [5.41, 5.74) is 0.895. The normalized spacial score (nSPS) is 19.6. The molecule has 4 heteroatoms. The summed E-state index contributed by atoms with van der Waals surface area (Å²) in [6, 6.07) is 0. The van der Waals surface area contributed by atoms with Gasteiger partial charge in [0.2, 0.25) is 0 Å². The molecule has 0 saturated carbocycles. The molecule has 0 bridgehead atoms. The Morgan fingerprint density at radius 1 is 1.56 bits per heavy atom. The van der Waals surface area contributed by atoms with E-state index in [2.05, 4.69) is 11.7 Å². The highest BCUT2D eigenvalue weighted by atomic mass is 16.5. The fourth-order valence-corrected chi connectivity index (χ4v) is 1.59. The first-order chi connectivity index (χ1) is 7.74. The minimum Gasteiger partial charge on any atom is -0.465 e. The molecule has 0 aliphatic carbocycles. The van der Waals surface area contributed by atoms with Crippen LogP contribution in [-0.4, -0.2) is 30.3 Å². The molecule has 0 aromatic rings. The van der Waals surface area contributed by atoms with E-state index >= 15 is 0 Å². The van der Waals surface area contributed by atoms with E-state index in [0.717, 1.165) is 31.4 Å². The van der Waals surface area contributed by atoms with Gasteiger partial charge in [0.25, 0.3) is 0 Å². The highest BCUT2D eigenvalue weighted by Crippen LogP contribution is 2.15. The molecule has 1 heterocycles. The number of hydrogen-bond acceptors (Lipinski definition) is 4. The van der Waals surface area contributed by atoms with Crippen molar-refractivity contribution >= 4 is 12.2 Å². The van der Waals surface area contributed by atoms with Crippen LogP contribution in [-0.2, 0) is 9.53 Å². The van der Waals surface area contributed by atoms with E-state index in [9.17, 15) is 4.79 Å². The van der Waals surface area contributed by atoms with Crippen LogP contribution < -0.4 is 0 Å². The van der Waals surface area contributed by atoms with Gasteiger partial charge in [0.15, 0.2) is 0 Å². The van der Waals surface area contributed by atoms with E-state index in [1.54, 1.807) is 11.9 Å². The van der Waals surface area contributed by atoms with Gasteiger partial charge in [0, 0.05) is 11.9 Å². The molecule has 0 N–H and O–H groups in total. The van der Waals surface area contributed by atoms with Crippen molar-refractivity contribution in [1.29, 1.82) is 0 Å². The SMILES string of the molecule is C=C1CCCCC/C=N\N1CC(=O)OCC. The van der Waals surface area contributed by atoms with Crippen LogP contribution in [0, 0.1) is 0 Å². The van der Waals surface area contributed by atoms with Gasteiger partial charge in [-0.2, -0.15) is 5.10 Å². The quantitative estimate of drug-likeness (QED) is 0.691. The Kier molecular flexibility index (Phi) is 5.61. The number of ether oxygens (including phenoxy) is 1. The number of carbonyl (C=O) groups excluding carboxylic acids is 1. The summed E-state index contributed by atoms with van der Waals surface area (Å²) in [5.74, 6) is -0.250. The molecule has 4 nitrogen and oxygen atoms in total. The fraction of sp³-hybridized carbons (Fsp3) is 0.667. The largest absolute Gasteiger partial charge is 0.465 e. The van der Waals surface area contributed by atoms with Gasteiger partial charge in [-0.25, -0.2) is 0 Å². The van der Waals surface area contributed by atoms with Gasteiger partial charge in [0.05, 0.1) is 6.61 Å². The van der Waals surface area contributed by atoms with Crippen LogP contribution in [0.1, 0.15) is 39.0 Å². The average Bonchev–Trinajstić information content (AvgIpc) is 2.34. The Morgan fingerprint density at radius 2 is 2.38 bits per heavy atom. The Hall–Kier alpha value is -1.32. The molecule has 90 valence electrons. The van der Waals surface area contributed by atoms with Crippen LogP contribution >= 0.6 is 0 Å². The molecule has 0 unspecified atom stereocenters. The first-order valence-corrected chi connectivity index (χ1v) is 5.87. The molecule has 1 aliphatic rings. The summed E-state index contributed by atoms with van der Waals surface area (Å²) in [6.45, 7) is 6.33. The second-order valence-electron chi connectivity index (χ2n) is 3.83. The standard InChI is InChI=1S/C12H20N2O2/c1-3-16-12(15)10-14-11(2)8-6-4-5-7-9-13-14/h9H,2-8,10H2,1H3/b13-9-. The highest BCUT2D eigenvalue weighted by molar-refractivity contribution is 5.72. The van der Waals surface area contributed by atoms with Crippen LogP contribution in [0.25, 0.3) is 0 Å². The van der Waals surface area contributed by atoms with Crippen molar-refractivity contribution in [3.05, 3.63) is 12.3 Å². The molecule has 0 saturated heterocycles. The van der Waals surface area contributed by atoms with Gasteiger partial charge in [-0.15, -0.1) is 0 Å². The number of hydrogen-bond donors (Lipinski definition) is 0. The molecule has 16 heavy (non-hydrogen) atoms. The third kappa shape index (κ3) is 4.47. The molecular formula is C12H20N2O2. The molecule has 0 amide bonds. The second kappa shape index (κ2) is 7.04. The monoisotopic (exact) mass is 224 g/mol. The lowest BCUT2D eigenvalue weighted by Crippen LogP contribution is -2.26. The fourth-order valence-electron chi connectivity index (χ4n) is 1.59. The lowest BCUT2D eigenvalue weighted by Gasteiger charge is -2.19. The smallest absolute Gasteiger partial charge is 0.327 e. The zero-order chi connectivity index (χ0) is 11.8. The minimum absolute atomic E-state index is 0.170. The zero-order valence-electron chi connectivity index (χ0n) is 9.95. The first kappa shape index (κ1) is 12.7. The summed E-state index contributed by atoms with van der Waals surface area (Å²) in [6.07, 6.45) is 7.18. The Balaban J connectivity index is 2.54. The van der Waals surface area contributed by atoms with Gasteiger partial charge in [-0.3, -0.25) is 9.80 Å². The minimum atomic E-state index is -0.250. The van der Waals surface area contributed by atoms with E-state index in [1.165, 1.54) is 6.42 Å². The summed E-state index contributed by atoms with van der Waals surface area (Å²) in [7, 11) is 0. The van der Waals surface area contributed by atoms with E-state index in [1.807, 2.05) is 6.21 Å². The number of hydrazone groups is 1. The molecule has 1 rings (SSSR count). The summed E-state index contributed by atoms with van der Waals surface area (Å²) >= 11 is 0. The maximum absolute atomic E-state index is 11.4. The van der Waals surface area contributed by atoms with E-state index in [-0.39, 0.29) is 12.5 Å². The number of allylic oxidation sites excluding steroid dienone is 1. The van der Waals surface area contributed by atoms with Crippen molar-refractivity contribution in [1.82, 2.24) is 5.01 Å². The summed E-state index contributed by atoms with van der Waals surface area (Å²) < 4.78 is 4.90. The van der Waals surface area contributed by atoms with Crippen molar-refractivity contribution in [2.24, 2.45) is 5.10 Å². The lowest BCUT2D eigenvalue weighted by molar-refractivity contribution is -0.143. The predicted molar refractivity (Wildman–Crippen MR) is 64.1 cm³/mol. The van der Waals surface area contributed by atoms with E-state index < -0.39 is 0 Å². The molecular weight excluding hydrogens is 204 g/mol. The third-order valence-electron chi connectivity index (χ3n) is 2.47. The number of esters is 1. The van der Waals surface area contributed by atoms with Gasteiger partial charge in [0.1, 0.15) is 6.54 Å². The van der Waals surface area contributed by atoms with Gasteiger partial charge < -0.3 is 4.74 Å². The van der Waals surface area contributed by atoms with Gasteiger partial charge >= 0.3 is 5.97 Å². The summed E-state index contributed by atoms with van der Waals surface area (Å²) in [4.78, 5) is 11.4. The van der Waals surface area contributed by atoms with Crippen molar-refractivity contribution in [2.75, 3.05) is 13.2 Å². The molecule has 0 aromatic carbocycles. The van der Waals surface area contributed by atoms with Crippen LogP contribution in [0.3, 0.4) is 0 Å². The van der Waals surface area contributed by atoms with Crippen LogP contribution in [0.2, 0.25) is 0 Å². The topological polar surface area (TPSA) is 41.9 Å². The van der Waals surface area contributed by atoms with E-state index in [4.69, 9.17) is 4.74 Å². The number of nitrogens with zero attached hydrogens (tertiary/aromatic N) is 2. The van der Waals surface area contributed by atoms with E-state index in [0.29, 0.717) is 6.61 Å². The lowest BCUT2D eigenvalue weighted by atomic mass is 10.1. The molecule has 0 fully saturated rings. The molecule has 0 atom stereocenters. The van der Waals surface area contributed by atoms with Crippen LogP contribution in [0.5, 0.6) is 0 Å². The van der Waals surface area contributed by atoms with Gasteiger partial charge in [-0.05, 0) is 32.6 Å². The maximum atomic E-state index is 11.4. The predicted octanol–water partition coefficient (Wildman–Crippen LogP) is 2.32. The average molecular weight is 224 g/mol. The first-order valence-electron chi connectivity index (χ1n) is 5.87. The molecule has 0 radical (unpaired) electrons. The Labute approximate surface area is 97.0 Å². The van der Waals surface area contributed by atoms with Gasteiger partial charge in [-0.1, -0.05) is 13.0 Å². The Bertz CT molecular complexity index is 274. The number of carbonyl (C=O) groups is 1. The van der Waals surface area contributed by atoms with Crippen LogP contribution in [0.15, 0.2) is 17.4 Å². The molecule has 0 aromatic heterocycles. The second-order valence-corrected chi connectivity index (χ2v) is 3.83.